The number of amides is 1. The lowest BCUT2D eigenvalue weighted by Gasteiger charge is -2.45. The molecule has 1 spiro atoms. The number of hydrogen-bond donors (Lipinski definition) is 1. The van der Waals surface area contributed by atoms with Crippen molar-refractivity contribution in [3.8, 4) is 0 Å². The van der Waals surface area contributed by atoms with Crippen LogP contribution < -0.4 is 4.72 Å². The van der Waals surface area contributed by atoms with E-state index in [1.54, 1.807) is 10.9 Å². The van der Waals surface area contributed by atoms with E-state index in [0.717, 1.165) is 25.8 Å². The summed E-state index contributed by atoms with van der Waals surface area (Å²) in [5.74, 6) is -0.0114. The van der Waals surface area contributed by atoms with E-state index in [4.69, 9.17) is 0 Å². The van der Waals surface area contributed by atoms with Gasteiger partial charge in [-0.1, -0.05) is 0 Å². The number of likely N-dealkylation sites (tertiary alicyclic amines) is 1. The smallest absolute Gasteiger partial charge is 0.273 e. The van der Waals surface area contributed by atoms with Crippen LogP contribution in [-0.2, 0) is 10.0 Å². The standard InChI is InChI=1S/C12H17N3O3S2/c1-20(17,18)14-9-4-12(5-9)2-3-15(7-12)11(16)10-6-19-8-13-10/h6,8-9,14H,2-5,7H2,1H3. The number of sulfonamides is 1. The molecule has 2 heterocycles. The predicted molar refractivity (Wildman–Crippen MR) is 76.1 cm³/mol. The Kier molecular flexibility index (Phi) is 3.34. The van der Waals surface area contributed by atoms with Crippen LogP contribution in [0, 0.1) is 5.41 Å². The molecule has 0 radical (unpaired) electrons. The Hall–Kier alpha value is -0.990. The molecule has 1 amide bonds. The first kappa shape index (κ1) is 14.0. The summed E-state index contributed by atoms with van der Waals surface area (Å²) in [6.45, 7) is 1.45. The number of carbonyl (C=O) groups excluding carboxylic acids is 1. The summed E-state index contributed by atoms with van der Waals surface area (Å²) in [6, 6.07) is 0.0272. The van der Waals surface area contributed by atoms with E-state index >= 15 is 0 Å². The van der Waals surface area contributed by atoms with E-state index in [0.29, 0.717) is 12.2 Å². The summed E-state index contributed by atoms with van der Waals surface area (Å²) in [6.07, 6.45) is 3.78. The van der Waals surface area contributed by atoms with Gasteiger partial charge in [-0.15, -0.1) is 11.3 Å². The van der Waals surface area contributed by atoms with E-state index in [1.807, 2.05) is 4.90 Å². The fraction of sp³-hybridized carbons (Fsp3) is 0.667. The van der Waals surface area contributed by atoms with Crippen LogP contribution in [0.25, 0.3) is 0 Å². The molecule has 0 atom stereocenters. The summed E-state index contributed by atoms with van der Waals surface area (Å²) in [5, 5.41) is 1.77. The minimum Gasteiger partial charge on any atom is -0.337 e. The van der Waals surface area contributed by atoms with Gasteiger partial charge in [0.1, 0.15) is 5.69 Å². The average molecular weight is 315 g/mol. The normalized spacial score (nSPS) is 29.6. The molecule has 2 fully saturated rings. The summed E-state index contributed by atoms with van der Waals surface area (Å²) in [4.78, 5) is 18.1. The third-order valence-corrected chi connectivity index (χ3v) is 5.46. The third-order valence-electron chi connectivity index (χ3n) is 4.12. The van der Waals surface area contributed by atoms with Crippen molar-refractivity contribution in [3.63, 3.8) is 0 Å². The van der Waals surface area contributed by atoms with Gasteiger partial charge in [0.15, 0.2) is 0 Å². The fourth-order valence-corrected chi connectivity index (χ4v) is 4.59. The number of carbonyl (C=O) groups is 1. The number of hydrogen-bond acceptors (Lipinski definition) is 5. The largest absolute Gasteiger partial charge is 0.337 e. The van der Waals surface area contributed by atoms with Gasteiger partial charge in [0.2, 0.25) is 10.0 Å². The van der Waals surface area contributed by atoms with Gasteiger partial charge in [-0.05, 0) is 24.7 Å². The van der Waals surface area contributed by atoms with E-state index in [9.17, 15) is 13.2 Å². The lowest BCUT2D eigenvalue weighted by Crippen LogP contribution is -2.51. The second-order valence-electron chi connectivity index (χ2n) is 5.85. The molecule has 1 N–H and O–H groups in total. The van der Waals surface area contributed by atoms with Crippen molar-refractivity contribution < 1.29 is 13.2 Å². The van der Waals surface area contributed by atoms with Gasteiger partial charge in [0.05, 0.1) is 11.8 Å². The Morgan fingerprint density at radius 2 is 2.30 bits per heavy atom. The number of thiazole rings is 1. The van der Waals surface area contributed by atoms with Crippen LogP contribution in [0.5, 0.6) is 0 Å². The zero-order valence-corrected chi connectivity index (χ0v) is 12.8. The first-order valence-electron chi connectivity index (χ1n) is 6.52. The molecule has 1 aliphatic heterocycles. The van der Waals surface area contributed by atoms with Crippen LogP contribution in [0.1, 0.15) is 29.8 Å². The lowest BCUT2D eigenvalue weighted by molar-refractivity contribution is 0.0684. The van der Waals surface area contributed by atoms with Gasteiger partial charge < -0.3 is 4.90 Å². The lowest BCUT2D eigenvalue weighted by atomic mass is 9.65. The van der Waals surface area contributed by atoms with Crippen molar-refractivity contribution in [3.05, 3.63) is 16.6 Å². The molecule has 0 unspecified atom stereocenters. The molecular formula is C12H17N3O3S2. The molecule has 1 aromatic heterocycles. The second kappa shape index (κ2) is 4.78. The van der Waals surface area contributed by atoms with E-state index in [1.165, 1.54) is 17.6 Å². The van der Waals surface area contributed by atoms with Crippen LogP contribution in [0.4, 0.5) is 0 Å². The summed E-state index contributed by atoms with van der Waals surface area (Å²) < 4.78 is 25.0. The minimum atomic E-state index is -3.13. The summed E-state index contributed by atoms with van der Waals surface area (Å²) in [5.41, 5.74) is 2.28. The number of aromatic nitrogens is 1. The Balaban J connectivity index is 1.58. The van der Waals surface area contributed by atoms with Crippen molar-refractivity contribution in [1.29, 1.82) is 0 Å². The maximum Gasteiger partial charge on any atom is 0.273 e. The Morgan fingerprint density at radius 3 is 2.90 bits per heavy atom. The van der Waals surface area contributed by atoms with E-state index in [-0.39, 0.29) is 17.4 Å². The van der Waals surface area contributed by atoms with Crippen molar-refractivity contribution >= 4 is 27.3 Å². The highest BCUT2D eigenvalue weighted by Crippen LogP contribution is 2.48. The van der Waals surface area contributed by atoms with Gasteiger partial charge in [-0.25, -0.2) is 18.1 Å². The zero-order valence-electron chi connectivity index (χ0n) is 11.2. The number of nitrogens with zero attached hydrogens (tertiary/aromatic N) is 2. The Bertz CT molecular complexity index is 606. The molecule has 1 saturated heterocycles. The Morgan fingerprint density at radius 1 is 1.55 bits per heavy atom. The molecule has 20 heavy (non-hydrogen) atoms. The quantitative estimate of drug-likeness (QED) is 0.890. The van der Waals surface area contributed by atoms with Crippen LogP contribution in [0.3, 0.4) is 0 Å². The highest BCUT2D eigenvalue weighted by atomic mass is 32.2. The highest BCUT2D eigenvalue weighted by Gasteiger charge is 2.50. The second-order valence-corrected chi connectivity index (χ2v) is 8.34. The summed E-state index contributed by atoms with van der Waals surface area (Å²) >= 11 is 1.42. The molecule has 0 aromatic carbocycles. The molecule has 0 bridgehead atoms. The molecule has 8 heteroatoms. The predicted octanol–water partition coefficient (Wildman–Crippen LogP) is 0.687. The SMILES string of the molecule is CS(=O)(=O)NC1CC2(CCN(C(=O)c3cscn3)C2)C1. The molecule has 6 nitrogen and oxygen atoms in total. The van der Waals surface area contributed by atoms with Crippen LogP contribution in [0.2, 0.25) is 0 Å². The van der Waals surface area contributed by atoms with Gasteiger partial charge in [0, 0.05) is 24.5 Å². The number of nitrogens with one attached hydrogen (secondary N) is 1. The van der Waals surface area contributed by atoms with E-state index in [2.05, 4.69) is 9.71 Å². The summed E-state index contributed by atoms with van der Waals surface area (Å²) in [7, 11) is -3.13. The van der Waals surface area contributed by atoms with Crippen molar-refractivity contribution in [1.82, 2.24) is 14.6 Å². The van der Waals surface area contributed by atoms with Crippen LogP contribution in [-0.4, -0.2) is 49.6 Å². The molecule has 3 rings (SSSR count). The highest BCUT2D eigenvalue weighted by molar-refractivity contribution is 7.88. The molecule has 1 aliphatic carbocycles. The first-order valence-corrected chi connectivity index (χ1v) is 9.35. The molecule has 1 aromatic rings. The van der Waals surface area contributed by atoms with Gasteiger partial charge in [-0.2, -0.15) is 0 Å². The average Bonchev–Trinajstić information content (AvgIpc) is 2.93. The van der Waals surface area contributed by atoms with Gasteiger partial charge in [0.25, 0.3) is 5.91 Å². The molecule has 1 saturated carbocycles. The molecule has 2 aliphatic rings. The topological polar surface area (TPSA) is 79.4 Å². The van der Waals surface area contributed by atoms with Crippen molar-refractivity contribution in [2.24, 2.45) is 5.41 Å². The van der Waals surface area contributed by atoms with Crippen LogP contribution >= 0.6 is 11.3 Å². The monoisotopic (exact) mass is 315 g/mol. The third kappa shape index (κ3) is 2.72. The molecular weight excluding hydrogens is 298 g/mol. The van der Waals surface area contributed by atoms with Crippen LogP contribution in [0.15, 0.2) is 10.9 Å². The van der Waals surface area contributed by atoms with Crippen molar-refractivity contribution in [2.75, 3.05) is 19.3 Å². The number of rotatable bonds is 3. The maximum absolute atomic E-state index is 12.2. The van der Waals surface area contributed by atoms with E-state index < -0.39 is 10.0 Å². The molecule has 110 valence electrons. The first-order chi connectivity index (χ1) is 9.37. The fourth-order valence-electron chi connectivity index (χ4n) is 3.29. The van der Waals surface area contributed by atoms with Gasteiger partial charge >= 0.3 is 0 Å². The Labute approximate surface area is 122 Å². The zero-order chi connectivity index (χ0) is 14.4. The van der Waals surface area contributed by atoms with Crippen molar-refractivity contribution in [2.45, 2.75) is 25.3 Å². The maximum atomic E-state index is 12.2. The minimum absolute atomic E-state index is 0.0114. The van der Waals surface area contributed by atoms with Gasteiger partial charge in [-0.3, -0.25) is 4.79 Å².